The molecule has 1 aromatic heterocycles. The summed E-state index contributed by atoms with van der Waals surface area (Å²) >= 11 is 4.17. The maximum absolute atomic E-state index is 12.5. The first-order chi connectivity index (χ1) is 4.50. The molecule has 0 aromatic carbocycles. The van der Waals surface area contributed by atoms with Crippen LogP contribution in [0.25, 0.3) is 0 Å². The van der Waals surface area contributed by atoms with E-state index in [0.29, 0.717) is 0 Å². The molecule has 0 saturated carbocycles. The topological polar surface area (TPSA) is 0 Å². The molecule has 0 unspecified atom stereocenters. The van der Waals surface area contributed by atoms with Crippen molar-refractivity contribution in [2.45, 2.75) is 12.8 Å². The van der Waals surface area contributed by atoms with Gasteiger partial charge >= 0.3 is 0 Å². The summed E-state index contributed by atoms with van der Waals surface area (Å²) in [5.74, 6) is -2.70. The second kappa shape index (κ2) is 2.58. The van der Waals surface area contributed by atoms with Gasteiger partial charge < -0.3 is 0 Å². The predicted octanol–water partition coefficient (Wildman–Crippen LogP) is 3.62. The smallest absolute Gasteiger partial charge is 0.201 e. The predicted molar refractivity (Wildman–Crippen MR) is 41.6 cm³/mol. The second-order valence-corrected chi connectivity index (χ2v) is 4.46. The van der Waals surface area contributed by atoms with Crippen molar-refractivity contribution in [1.29, 1.82) is 0 Å². The molecule has 56 valence electrons. The Bertz CT molecular complexity index is 226. The summed E-state index contributed by atoms with van der Waals surface area (Å²) in [6.45, 7) is 0.894. The van der Waals surface area contributed by atoms with E-state index in [9.17, 15) is 8.78 Å². The van der Waals surface area contributed by atoms with Crippen LogP contribution in [0.3, 0.4) is 0 Å². The van der Waals surface area contributed by atoms with Gasteiger partial charge in [0, 0.05) is 6.92 Å². The van der Waals surface area contributed by atoms with E-state index < -0.39 is 5.92 Å². The van der Waals surface area contributed by atoms with Gasteiger partial charge in [-0.15, -0.1) is 11.3 Å². The summed E-state index contributed by atoms with van der Waals surface area (Å²) < 4.78 is 25.7. The largest absolute Gasteiger partial charge is 0.279 e. The number of alkyl halides is 2. The van der Waals surface area contributed by atoms with Crippen LogP contribution in [0.15, 0.2) is 15.9 Å². The van der Waals surface area contributed by atoms with Crippen molar-refractivity contribution in [1.82, 2.24) is 0 Å². The van der Waals surface area contributed by atoms with Crippen molar-refractivity contribution in [2.24, 2.45) is 0 Å². The molecule has 0 spiro atoms. The molecule has 0 aliphatic heterocycles. The Morgan fingerprint density at radius 1 is 1.50 bits per heavy atom. The summed E-state index contributed by atoms with van der Waals surface area (Å²) in [5, 5.41) is 0. The van der Waals surface area contributed by atoms with Gasteiger partial charge in [0.15, 0.2) is 0 Å². The molecule has 0 fully saturated rings. The number of halogens is 3. The zero-order valence-corrected chi connectivity index (χ0v) is 7.60. The van der Waals surface area contributed by atoms with Crippen LogP contribution in [0.4, 0.5) is 8.78 Å². The third-order valence-electron chi connectivity index (χ3n) is 1.01. The lowest BCUT2D eigenvalue weighted by Crippen LogP contribution is -2.02. The van der Waals surface area contributed by atoms with Crippen LogP contribution < -0.4 is 0 Å². The number of hydrogen-bond donors (Lipinski definition) is 0. The maximum atomic E-state index is 12.5. The summed E-state index contributed by atoms with van der Waals surface area (Å²) in [6, 6.07) is 3.05. The fourth-order valence-electron chi connectivity index (χ4n) is 0.550. The minimum absolute atomic E-state index is 0.0966. The van der Waals surface area contributed by atoms with Crippen LogP contribution >= 0.6 is 27.3 Å². The number of thiophene rings is 1. The van der Waals surface area contributed by atoms with Crippen LogP contribution in [-0.4, -0.2) is 0 Å². The SMILES string of the molecule is CC(F)(F)c1ccc(Br)s1. The molecule has 1 rings (SSSR count). The molecule has 1 aromatic rings. The first-order valence-corrected chi connectivity index (χ1v) is 4.25. The second-order valence-electron chi connectivity index (χ2n) is 1.99. The quantitative estimate of drug-likeness (QED) is 0.687. The van der Waals surface area contributed by atoms with Gasteiger partial charge in [0.1, 0.15) is 0 Å². The molecule has 0 saturated heterocycles. The van der Waals surface area contributed by atoms with Crippen molar-refractivity contribution in [3.63, 3.8) is 0 Å². The maximum Gasteiger partial charge on any atom is 0.279 e. The molecule has 0 aliphatic rings. The van der Waals surface area contributed by atoms with Crippen LogP contribution in [-0.2, 0) is 5.92 Å². The normalized spacial score (nSPS) is 12.0. The van der Waals surface area contributed by atoms with Crippen LogP contribution in [0, 0.1) is 0 Å². The van der Waals surface area contributed by atoms with Crippen molar-refractivity contribution < 1.29 is 8.78 Å². The highest BCUT2D eigenvalue weighted by Gasteiger charge is 2.25. The average Bonchev–Trinajstić information content (AvgIpc) is 2.11. The molecular formula is C6H5BrF2S. The Kier molecular flexibility index (Phi) is 2.10. The molecule has 4 heteroatoms. The summed E-state index contributed by atoms with van der Waals surface area (Å²) in [4.78, 5) is 0.0966. The first kappa shape index (κ1) is 8.14. The van der Waals surface area contributed by atoms with E-state index in [1.54, 1.807) is 6.07 Å². The molecule has 0 radical (unpaired) electrons. The van der Waals surface area contributed by atoms with Crippen LogP contribution in [0.1, 0.15) is 11.8 Å². The van der Waals surface area contributed by atoms with E-state index in [1.165, 1.54) is 6.07 Å². The third kappa shape index (κ3) is 1.76. The third-order valence-corrected chi connectivity index (χ3v) is 2.80. The molecule has 0 nitrogen and oxygen atoms in total. The van der Waals surface area contributed by atoms with Gasteiger partial charge in [-0.1, -0.05) is 0 Å². The van der Waals surface area contributed by atoms with Crippen molar-refractivity contribution in [3.05, 3.63) is 20.8 Å². The molecule has 10 heavy (non-hydrogen) atoms. The van der Waals surface area contributed by atoms with Crippen molar-refractivity contribution in [3.8, 4) is 0 Å². The fourth-order valence-corrected chi connectivity index (χ4v) is 1.87. The summed E-state index contributed by atoms with van der Waals surface area (Å²) in [7, 11) is 0. The lowest BCUT2D eigenvalue weighted by atomic mass is 10.3. The number of hydrogen-bond acceptors (Lipinski definition) is 1. The van der Waals surface area contributed by atoms with Gasteiger partial charge in [0.2, 0.25) is 0 Å². The molecule has 0 bridgehead atoms. The highest BCUT2D eigenvalue weighted by Crippen LogP contribution is 2.34. The highest BCUT2D eigenvalue weighted by atomic mass is 79.9. The highest BCUT2D eigenvalue weighted by molar-refractivity contribution is 9.11. The van der Waals surface area contributed by atoms with Gasteiger partial charge in [0.05, 0.1) is 8.66 Å². The Labute approximate surface area is 70.0 Å². The van der Waals surface area contributed by atoms with Gasteiger partial charge in [-0.25, -0.2) is 8.78 Å². The van der Waals surface area contributed by atoms with Gasteiger partial charge in [-0.3, -0.25) is 0 Å². The molecular weight excluding hydrogens is 222 g/mol. The minimum Gasteiger partial charge on any atom is -0.201 e. The fraction of sp³-hybridized carbons (Fsp3) is 0.333. The Morgan fingerprint density at radius 3 is 2.30 bits per heavy atom. The van der Waals surface area contributed by atoms with E-state index in [-0.39, 0.29) is 4.88 Å². The molecule has 1 heterocycles. The van der Waals surface area contributed by atoms with E-state index >= 15 is 0 Å². The van der Waals surface area contributed by atoms with Crippen molar-refractivity contribution >= 4 is 27.3 Å². The van der Waals surface area contributed by atoms with E-state index in [4.69, 9.17) is 0 Å². The van der Waals surface area contributed by atoms with Crippen LogP contribution in [0.5, 0.6) is 0 Å². The lowest BCUT2D eigenvalue weighted by molar-refractivity contribution is 0.0215. The Hall–Kier alpha value is 0.0400. The van der Waals surface area contributed by atoms with E-state index in [2.05, 4.69) is 15.9 Å². The number of rotatable bonds is 1. The van der Waals surface area contributed by atoms with Gasteiger partial charge in [-0.05, 0) is 28.1 Å². The van der Waals surface area contributed by atoms with Gasteiger partial charge in [0.25, 0.3) is 5.92 Å². The monoisotopic (exact) mass is 226 g/mol. The first-order valence-electron chi connectivity index (χ1n) is 2.64. The Morgan fingerprint density at radius 2 is 2.10 bits per heavy atom. The lowest BCUT2D eigenvalue weighted by Gasteiger charge is -2.04. The molecule has 0 atom stereocenters. The summed E-state index contributed by atoms with van der Waals surface area (Å²) in [6.07, 6.45) is 0. The van der Waals surface area contributed by atoms with Crippen LogP contribution in [0.2, 0.25) is 0 Å². The summed E-state index contributed by atoms with van der Waals surface area (Å²) in [5.41, 5.74) is 0. The zero-order chi connectivity index (χ0) is 7.78. The standard InChI is InChI=1S/C6H5BrF2S/c1-6(8,9)4-2-3-5(7)10-4/h2-3H,1H3. The molecule has 0 N–H and O–H groups in total. The van der Waals surface area contributed by atoms with Gasteiger partial charge in [-0.2, -0.15) is 0 Å². The minimum atomic E-state index is -2.70. The molecule has 0 aliphatic carbocycles. The van der Waals surface area contributed by atoms with E-state index in [0.717, 1.165) is 22.0 Å². The van der Waals surface area contributed by atoms with E-state index in [1.807, 2.05) is 0 Å². The average molecular weight is 227 g/mol. The molecule has 0 amide bonds. The van der Waals surface area contributed by atoms with Crippen molar-refractivity contribution in [2.75, 3.05) is 0 Å². The Balaban J connectivity index is 2.96. The zero-order valence-electron chi connectivity index (χ0n) is 5.20.